The zero-order valence-electron chi connectivity index (χ0n) is 13.7. The van der Waals surface area contributed by atoms with E-state index in [1.807, 2.05) is 37.3 Å². The summed E-state index contributed by atoms with van der Waals surface area (Å²) in [6.07, 6.45) is 0. The van der Waals surface area contributed by atoms with Crippen molar-refractivity contribution in [3.05, 3.63) is 35.9 Å². The molecule has 1 aromatic carbocycles. The van der Waals surface area contributed by atoms with E-state index < -0.39 is 10.8 Å². The Balaban J connectivity index is 0.00000441. The first kappa shape index (κ1) is 21.4. The second-order valence-corrected chi connectivity index (χ2v) is 6.89. The Hall–Kier alpha value is -0.630. The summed E-state index contributed by atoms with van der Waals surface area (Å²) >= 11 is 0. The van der Waals surface area contributed by atoms with Gasteiger partial charge in [-0.2, -0.15) is 0 Å². The predicted octanol–water partition coefficient (Wildman–Crippen LogP) is 2.76. The van der Waals surface area contributed by atoms with Crippen molar-refractivity contribution in [1.82, 2.24) is 10.6 Å². The van der Waals surface area contributed by atoms with Gasteiger partial charge < -0.3 is 10.6 Å². The van der Waals surface area contributed by atoms with Crippen LogP contribution in [0.15, 0.2) is 35.3 Å². The van der Waals surface area contributed by atoms with Crippen LogP contribution in [0.1, 0.15) is 26.3 Å². The molecule has 0 aliphatic carbocycles. The molecule has 22 heavy (non-hydrogen) atoms. The SMILES string of the molecule is CCNC(=NCC(C)C)NCCS(=O)Cc1ccccc1.I. The highest BCUT2D eigenvalue weighted by Crippen LogP contribution is 2.02. The summed E-state index contributed by atoms with van der Waals surface area (Å²) in [6.45, 7) is 8.62. The summed E-state index contributed by atoms with van der Waals surface area (Å²) in [7, 11) is -0.849. The number of halogens is 1. The smallest absolute Gasteiger partial charge is 0.191 e. The van der Waals surface area contributed by atoms with Crippen molar-refractivity contribution in [2.75, 3.05) is 25.4 Å². The molecule has 1 unspecified atom stereocenters. The number of benzene rings is 1. The minimum atomic E-state index is -0.849. The van der Waals surface area contributed by atoms with E-state index in [4.69, 9.17) is 0 Å². The number of nitrogens with zero attached hydrogens (tertiary/aromatic N) is 1. The lowest BCUT2D eigenvalue weighted by Gasteiger charge is -2.12. The quantitative estimate of drug-likeness (QED) is 0.374. The molecule has 0 saturated heterocycles. The van der Waals surface area contributed by atoms with Gasteiger partial charge in [-0.3, -0.25) is 9.20 Å². The fourth-order valence-electron chi connectivity index (χ4n) is 1.73. The lowest BCUT2D eigenvalue weighted by Crippen LogP contribution is -2.39. The molecule has 1 atom stereocenters. The van der Waals surface area contributed by atoms with Crippen molar-refractivity contribution in [2.45, 2.75) is 26.5 Å². The fraction of sp³-hybridized carbons (Fsp3) is 0.562. The van der Waals surface area contributed by atoms with Crippen LogP contribution in [0.5, 0.6) is 0 Å². The summed E-state index contributed by atoms with van der Waals surface area (Å²) in [4.78, 5) is 4.49. The van der Waals surface area contributed by atoms with Gasteiger partial charge in [0.05, 0.1) is 0 Å². The summed E-state index contributed by atoms with van der Waals surface area (Å²) in [5, 5.41) is 6.44. The lowest BCUT2D eigenvalue weighted by atomic mass is 10.2. The lowest BCUT2D eigenvalue weighted by molar-refractivity contribution is 0.657. The maximum Gasteiger partial charge on any atom is 0.191 e. The summed E-state index contributed by atoms with van der Waals surface area (Å²) < 4.78 is 12.0. The maximum absolute atomic E-state index is 12.0. The molecular weight excluding hydrogens is 409 g/mol. The van der Waals surface area contributed by atoms with Crippen molar-refractivity contribution in [2.24, 2.45) is 10.9 Å². The second-order valence-electron chi connectivity index (χ2n) is 5.31. The Morgan fingerprint density at radius 3 is 2.50 bits per heavy atom. The Labute approximate surface area is 154 Å². The Kier molecular flexibility index (Phi) is 12.5. The van der Waals surface area contributed by atoms with Gasteiger partial charge in [0.2, 0.25) is 0 Å². The third kappa shape index (κ3) is 10.2. The van der Waals surface area contributed by atoms with Gasteiger partial charge >= 0.3 is 0 Å². The van der Waals surface area contributed by atoms with Gasteiger partial charge in [-0.25, -0.2) is 0 Å². The topological polar surface area (TPSA) is 53.5 Å². The molecular formula is C16H28IN3OS. The number of nitrogens with one attached hydrogen (secondary N) is 2. The molecule has 4 nitrogen and oxygen atoms in total. The molecule has 0 aliphatic rings. The molecule has 1 rings (SSSR count). The zero-order valence-corrected chi connectivity index (χ0v) is 16.8. The van der Waals surface area contributed by atoms with Gasteiger partial charge in [-0.1, -0.05) is 44.2 Å². The third-order valence-electron chi connectivity index (χ3n) is 2.75. The average molecular weight is 437 g/mol. The van der Waals surface area contributed by atoms with Gasteiger partial charge in [-0.15, -0.1) is 24.0 Å². The average Bonchev–Trinajstić information content (AvgIpc) is 2.45. The van der Waals surface area contributed by atoms with E-state index >= 15 is 0 Å². The first-order valence-electron chi connectivity index (χ1n) is 7.53. The minimum Gasteiger partial charge on any atom is -0.357 e. The molecule has 0 aliphatic heterocycles. The van der Waals surface area contributed by atoms with Crippen LogP contribution in [0, 0.1) is 5.92 Å². The Morgan fingerprint density at radius 2 is 1.91 bits per heavy atom. The van der Waals surface area contributed by atoms with Gasteiger partial charge in [0.1, 0.15) is 0 Å². The minimum absolute atomic E-state index is 0. The van der Waals surface area contributed by atoms with Crippen molar-refractivity contribution in [1.29, 1.82) is 0 Å². The molecule has 0 bridgehead atoms. The van der Waals surface area contributed by atoms with E-state index in [0.29, 0.717) is 24.0 Å². The van der Waals surface area contributed by atoms with Gasteiger partial charge in [0.15, 0.2) is 5.96 Å². The number of rotatable bonds is 8. The van der Waals surface area contributed by atoms with Gasteiger partial charge in [0.25, 0.3) is 0 Å². The van der Waals surface area contributed by atoms with Crippen LogP contribution in [0.25, 0.3) is 0 Å². The molecule has 0 radical (unpaired) electrons. The van der Waals surface area contributed by atoms with Gasteiger partial charge in [0, 0.05) is 41.9 Å². The normalized spacial score (nSPS) is 12.6. The second kappa shape index (κ2) is 12.9. The maximum atomic E-state index is 12.0. The summed E-state index contributed by atoms with van der Waals surface area (Å²) in [5.41, 5.74) is 1.12. The fourth-order valence-corrected chi connectivity index (χ4v) is 2.77. The molecule has 2 N–H and O–H groups in total. The van der Waals surface area contributed by atoms with Crippen LogP contribution < -0.4 is 10.6 Å². The first-order valence-corrected chi connectivity index (χ1v) is 9.01. The largest absolute Gasteiger partial charge is 0.357 e. The van der Waals surface area contributed by atoms with Gasteiger partial charge in [-0.05, 0) is 18.4 Å². The van der Waals surface area contributed by atoms with E-state index in [2.05, 4.69) is 29.5 Å². The Morgan fingerprint density at radius 1 is 1.23 bits per heavy atom. The molecule has 0 saturated carbocycles. The Bertz CT molecular complexity index is 452. The first-order chi connectivity index (χ1) is 10.1. The van der Waals surface area contributed by atoms with Crippen LogP contribution in [-0.2, 0) is 16.6 Å². The van der Waals surface area contributed by atoms with E-state index in [1.165, 1.54) is 0 Å². The van der Waals surface area contributed by atoms with Crippen molar-refractivity contribution in [3.8, 4) is 0 Å². The molecule has 0 aromatic heterocycles. The van der Waals surface area contributed by atoms with Crippen molar-refractivity contribution in [3.63, 3.8) is 0 Å². The highest BCUT2D eigenvalue weighted by molar-refractivity contribution is 14.0. The molecule has 0 spiro atoms. The molecule has 126 valence electrons. The van der Waals surface area contributed by atoms with Crippen LogP contribution >= 0.6 is 24.0 Å². The molecule has 6 heteroatoms. The molecule has 0 heterocycles. The number of hydrogen-bond donors (Lipinski definition) is 2. The van der Waals surface area contributed by atoms with Crippen LogP contribution in [0.4, 0.5) is 0 Å². The van der Waals surface area contributed by atoms with Crippen molar-refractivity contribution < 1.29 is 4.21 Å². The number of guanidine groups is 1. The van der Waals surface area contributed by atoms with E-state index in [-0.39, 0.29) is 24.0 Å². The van der Waals surface area contributed by atoms with Crippen LogP contribution in [-0.4, -0.2) is 35.6 Å². The highest BCUT2D eigenvalue weighted by atomic mass is 127. The monoisotopic (exact) mass is 437 g/mol. The predicted molar refractivity (Wildman–Crippen MR) is 107 cm³/mol. The zero-order chi connectivity index (χ0) is 15.5. The summed E-state index contributed by atoms with van der Waals surface area (Å²) in [6, 6.07) is 9.96. The highest BCUT2D eigenvalue weighted by Gasteiger charge is 2.03. The number of aliphatic imine (C=N–C) groups is 1. The van der Waals surface area contributed by atoms with Crippen molar-refractivity contribution >= 4 is 40.7 Å². The van der Waals surface area contributed by atoms with E-state index in [1.54, 1.807) is 0 Å². The standard InChI is InChI=1S/C16H27N3OS.HI/c1-4-17-16(19-12-14(2)3)18-10-11-21(20)13-15-8-6-5-7-9-15;/h5-9,14H,4,10-13H2,1-3H3,(H2,17,18,19);1H. The third-order valence-corrected chi connectivity index (χ3v) is 4.07. The summed E-state index contributed by atoms with van der Waals surface area (Å²) in [5.74, 6) is 2.58. The molecule has 0 fully saturated rings. The number of hydrogen-bond acceptors (Lipinski definition) is 2. The van der Waals surface area contributed by atoms with Crippen LogP contribution in [0.2, 0.25) is 0 Å². The van der Waals surface area contributed by atoms with Crippen LogP contribution in [0.3, 0.4) is 0 Å². The molecule has 1 aromatic rings. The molecule has 0 amide bonds. The van der Waals surface area contributed by atoms with E-state index in [0.717, 1.165) is 24.6 Å². The van der Waals surface area contributed by atoms with E-state index in [9.17, 15) is 4.21 Å².